The highest BCUT2D eigenvalue weighted by atomic mass is 32.2. The number of pyridine rings is 1. The molecule has 1 fully saturated rings. The number of aryl methyl sites for hydroxylation is 2. The predicted octanol–water partition coefficient (Wildman–Crippen LogP) is 6.34. The van der Waals surface area contributed by atoms with Crippen LogP contribution in [0.3, 0.4) is 0 Å². The van der Waals surface area contributed by atoms with Gasteiger partial charge in [0.25, 0.3) is 0 Å². The van der Waals surface area contributed by atoms with Crippen molar-refractivity contribution in [2.24, 2.45) is 4.99 Å². The number of amidine groups is 1. The predicted molar refractivity (Wildman–Crippen MR) is 157 cm³/mol. The standard InChI is InChI=1S/C29H26F3N7O3S/c1-16-5-8-21(18(3)42-4)23(11-16)39-25(40)14-43-28(39)36-27(41)35-22-9-6-19(12-17(22)2)26-34-15-38(37-26)24-10-7-20(13-33-24)29(30,31)32/h5-13,15,18H,14H2,1-4H3,(H,35,41)/b36-28-. The van der Waals surface area contributed by atoms with Gasteiger partial charge >= 0.3 is 12.2 Å². The maximum atomic E-state index is 13.0. The van der Waals surface area contributed by atoms with Gasteiger partial charge < -0.3 is 10.1 Å². The Balaban J connectivity index is 1.33. The van der Waals surface area contributed by atoms with E-state index in [0.29, 0.717) is 28.3 Å². The monoisotopic (exact) mass is 609 g/mol. The molecule has 14 heteroatoms. The van der Waals surface area contributed by atoms with E-state index in [2.05, 4.69) is 25.4 Å². The SMILES string of the molecule is COC(C)c1ccc(C)cc1N1C(=O)CS/C1=N\C(=O)Nc1ccc(-c2ncn(-c3ccc(C(F)(F)F)cn3)n2)cc1C. The first-order valence-corrected chi connectivity index (χ1v) is 14.0. The van der Waals surface area contributed by atoms with E-state index < -0.39 is 17.8 Å². The number of nitrogens with one attached hydrogen (secondary N) is 1. The minimum Gasteiger partial charge on any atom is -0.377 e. The van der Waals surface area contributed by atoms with Crippen molar-refractivity contribution < 1.29 is 27.5 Å². The van der Waals surface area contributed by atoms with E-state index in [1.54, 1.807) is 32.2 Å². The van der Waals surface area contributed by atoms with Gasteiger partial charge in [0.2, 0.25) is 5.91 Å². The van der Waals surface area contributed by atoms with E-state index in [0.717, 1.165) is 23.4 Å². The number of thioether (sulfide) groups is 1. The molecule has 0 bridgehead atoms. The largest absolute Gasteiger partial charge is 0.417 e. The van der Waals surface area contributed by atoms with Crippen molar-refractivity contribution in [1.29, 1.82) is 0 Å². The lowest BCUT2D eigenvalue weighted by atomic mass is 10.0. The molecule has 1 unspecified atom stereocenters. The second kappa shape index (κ2) is 12.0. The van der Waals surface area contributed by atoms with Crippen molar-refractivity contribution in [2.45, 2.75) is 33.1 Å². The lowest BCUT2D eigenvalue weighted by molar-refractivity contribution is -0.137. The van der Waals surface area contributed by atoms with Crippen LogP contribution in [0.4, 0.5) is 29.3 Å². The molecule has 5 rings (SSSR count). The summed E-state index contributed by atoms with van der Waals surface area (Å²) in [5.41, 5.74) is 3.31. The van der Waals surface area contributed by atoms with Crippen LogP contribution in [-0.2, 0) is 15.7 Å². The molecule has 4 aromatic rings. The Labute approximate surface area is 249 Å². The van der Waals surface area contributed by atoms with Crippen LogP contribution >= 0.6 is 11.8 Å². The zero-order valence-electron chi connectivity index (χ0n) is 23.5. The van der Waals surface area contributed by atoms with E-state index in [4.69, 9.17) is 4.74 Å². The first-order valence-electron chi connectivity index (χ1n) is 13.0. The van der Waals surface area contributed by atoms with Crippen molar-refractivity contribution in [1.82, 2.24) is 19.7 Å². The number of nitrogens with zero attached hydrogens (tertiary/aromatic N) is 6. The van der Waals surface area contributed by atoms with Crippen LogP contribution in [0.25, 0.3) is 17.2 Å². The van der Waals surface area contributed by atoms with Gasteiger partial charge in [-0.2, -0.15) is 18.2 Å². The molecule has 1 aliphatic rings. The highest BCUT2D eigenvalue weighted by Gasteiger charge is 2.33. The summed E-state index contributed by atoms with van der Waals surface area (Å²) in [6, 6.07) is 12.3. The minimum absolute atomic E-state index is 0.149. The molecular weight excluding hydrogens is 583 g/mol. The number of anilines is 2. The fraction of sp³-hybridized carbons (Fsp3) is 0.241. The molecule has 222 valence electrons. The average molecular weight is 610 g/mol. The first kappa shape index (κ1) is 29.9. The maximum absolute atomic E-state index is 13.0. The second-order valence-electron chi connectivity index (χ2n) is 9.73. The van der Waals surface area contributed by atoms with Gasteiger partial charge in [-0.25, -0.2) is 19.4 Å². The number of alkyl halides is 3. The van der Waals surface area contributed by atoms with E-state index in [-0.39, 0.29) is 28.7 Å². The van der Waals surface area contributed by atoms with Crippen molar-refractivity contribution in [2.75, 3.05) is 23.1 Å². The summed E-state index contributed by atoms with van der Waals surface area (Å²) in [6.45, 7) is 5.58. The second-order valence-corrected chi connectivity index (χ2v) is 10.7. The smallest absolute Gasteiger partial charge is 0.377 e. The molecule has 10 nitrogen and oxygen atoms in total. The fourth-order valence-electron chi connectivity index (χ4n) is 4.37. The summed E-state index contributed by atoms with van der Waals surface area (Å²) in [7, 11) is 1.59. The van der Waals surface area contributed by atoms with Crippen LogP contribution in [0.1, 0.15) is 35.3 Å². The molecular formula is C29H26F3N7O3S. The third kappa shape index (κ3) is 6.44. The van der Waals surface area contributed by atoms with Gasteiger partial charge in [0.1, 0.15) is 6.33 Å². The fourth-order valence-corrected chi connectivity index (χ4v) is 5.23. The number of carbonyl (C=O) groups is 2. The van der Waals surface area contributed by atoms with Crippen LogP contribution in [-0.4, -0.2) is 49.7 Å². The normalized spacial score (nSPS) is 15.3. The number of hydrogen-bond acceptors (Lipinski definition) is 7. The van der Waals surface area contributed by atoms with Gasteiger partial charge in [0.15, 0.2) is 16.8 Å². The summed E-state index contributed by atoms with van der Waals surface area (Å²) >= 11 is 1.18. The summed E-state index contributed by atoms with van der Waals surface area (Å²) in [6.07, 6.45) is -2.68. The van der Waals surface area contributed by atoms with Crippen molar-refractivity contribution in [3.8, 4) is 17.2 Å². The number of carbonyl (C=O) groups excluding carboxylic acids is 2. The number of halogens is 3. The highest BCUT2D eigenvalue weighted by molar-refractivity contribution is 8.15. The minimum atomic E-state index is -4.49. The number of benzene rings is 2. The summed E-state index contributed by atoms with van der Waals surface area (Å²) in [5, 5.41) is 7.35. The average Bonchev–Trinajstić information content (AvgIpc) is 3.60. The molecule has 1 aliphatic heterocycles. The molecule has 0 saturated carbocycles. The molecule has 0 radical (unpaired) electrons. The number of ether oxygens (including phenoxy) is 1. The van der Waals surface area contributed by atoms with Gasteiger partial charge in [0.05, 0.1) is 23.1 Å². The topological polar surface area (TPSA) is 115 Å². The Morgan fingerprint density at radius 1 is 1.12 bits per heavy atom. The van der Waals surface area contributed by atoms with E-state index in [1.165, 1.54) is 33.7 Å². The number of aliphatic imine (C=N–C) groups is 1. The summed E-state index contributed by atoms with van der Waals surface area (Å²) < 4.78 is 45.3. The molecule has 0 aliphatic carbocycles. The number of rotatable bonds is 6. The number of hydrogen-bond donors (Lipinski definition) is 1. The van der Waals surface area contributed by atoms with Gasteiger partial charge in [0, 0.05) is 30.1 Å². The van der Waals surface area contributed by atoms with Gasteiger partial charge in [-0.1, -0.05) is 23.9 Å². The molecule has 2 aromatic heterocycles. The number of aromatic nitrogens is 4. The molecule has 2 aromatic carbocycles. The Bertz CT molecular complexity index is 1720. The molecule has 3 amide bonds. The van der Waals surface area contributed by atoms with Crippen LogP contribution in [0.15, 0.2) is 66.0 Å². The number of urea groups is 1. The van der Waals surface area contributed by atoms with Crippen LogP contribution in [0, 0.1) is 13.8 Å². The summed E-state index contributed by atoms with van der Waals surface area (Å²) in [5.74, 6) is 0.457. The van der Waals surface area contributed by atoms with E-state index in [9.17, 15) is 22.8 Å². The third-order valence-corrected chi connectivity index (χ3v) is 7.63. The van der Waals surface area contributed by atoms with Crippen molar-refractivity contribution in [3.63, 3.8) is 0 Å². The molecule has 1 N–H and O–H groups in total. The first-order chi connectivity index (χ1) is 20.4. The Morgan fingerprint density at radius 3 is 2.58 bits per heavy atom. The molecule has 1 atom stereocenters. The number of amides is 3. The molecule has 3 heterocycles. The zero-order chi connectivity index (χ0) is 30.9. The Kier molecular flexibility index (Phi) is 8.33. The zero-order valence-corrected chi connectivity index (χ0v) is 24.3. The maximum Gasteiger partial charge on any atom is 0.417 e. The van der Waals surface area contributed by atoms with Gasteiger partial charge in [-0.05, 0) is 68.3 Å². The van der Waals surface area contributed by atoms with Crippen molar-refractivity contribution in [3.05, 3.63) is 83.3 Å². The lowest BCUT2D eigenvalue weighted by Crippen LogP contribution is -2.31. The third-order valence-electron chi connectivity index (χ3n) is 6.71. The van der Waals surface area contributed by atoms with Crippen LogP contribution in [0.5, 0.6) is 0 Å². The van der Waals surface area contributed by atoms with Crippen LogP contribution < -0.4 is 10.2 Å². The number of methoxy groups -OCH3 is 1. The molecule has 1 saturated heterocycles. The lowest BCUT2D eigenvalue weighted by Gasteiger charge is -2.23. The van der Waals surface area contributed by atoms with Crippen molar-refractivity contribution >= 4 is 40.2 Å². The highest BCUT2D eigenvalue weighted by Crippen LogP contribution is 2.35. The molecule has 0 spiro atoms. The quantitative estimate of drug-likeness (QED) is 0.271. The van der Waals surface area contributed by atoms with Gasteiger partial charge in [-0.15, -0.1) is 5.10 Å². The van der Waals surface area contributed by atoms with E-state index >= 15 is 0 Å². The Morgan fingerprint density at radius 2 is 1.91 bits per heavy atom. The summed E-state index contributed by atoms with van der Waals surface area (Å²) in [4.78, 5) is 39.6. The van der Waals surface area contributed by atoms with E-state index in [1.807, 2.05) is 32.0 Å². The van der Waals surface area contributed by atoms with Crippen LogP contribution in [0.2, 0.25) is 0 Å². The molecule has 43 heavy (non-hydrogen) atoms. The van der Waals surface area contributed by atoms with Gasteiger partial charge in [-0.3, -0.25) is 9.69 Å². The Hall–Kier alpha value is -4.56.